The van der Waals surface area contributed by atoms with Crippen LogP contribution in [0.4, 0.5) is 4.39 Å². The minimum Gasteiger partial charge on any atom is -0.350 e. The van der Waals surface area contributed by atoms with E-state index < -0.39 is 0 Å². The highest BCUT2D eigenvalue weighted by atomic mass is 79.9. The van der Waals surface area contributed by atoms with Gasteiger partial charge < -0.3 is 10.6 Å². The monoisotopic (exact) mass is 448 g/mol. The summed E-state index contributed by atoms with van der Waals surface area (Å²) in [5, 5.41) is 5.15. The zero-order valence-corrected chi connectivity index (χ0v) is 15.1. The first-order valence-corrected chi connectivity index (χ1v) is 8.60. The van der Waals surface area contributed by atoms with Crippen molar-refractivity contribution in [3.8, 4) is 0 Å². The van der Waals surface area contributed by atoms with Crippen molar-refractivity contribution in [1.82, 2.24) is 10.6 Å². The summed E-state index contributed by atoms with van der Waals surface area (Å²) in [6, 6.07) is 7.68. The van der Waals surface area contributed by atoms with Crippen LogP contribution in [0.25, 0.3) is 0 Å². The van der Waals surface area contributed by atoms with Gasteiger partial charge in [-0.15, -0.1) is 11.3 Å². The molecule has 0 bridgehead atoms. The second-order valence-corrected chi connectivity index (χ2v) is 7.62. The lowest BCUT2D eigenvalue weighted by molar-refractivity contribution is -0.120. The van der Waals surface area contributed by atoms with Gasteiger partial charge in [-0.2, -0.15) is 0 Å². The molecule has 2 amide bonds. The van der Waals surface area contributed by atoms with Crippen LogP contribution in [-0.4, -0.2) is 18.4 Å². The minimum absolute atomic E-state index is 0.138. The third-order valence-electron chi connectivity index (χ3n) is 2.69. The van der Waals surface area contributed by atoms with Crippen molar-refractivity contribution in [2.75, 3.05) is 6.54 Å². The average Bonchev–Trinajstić information content (AvgIpc) is 2.92. The molecule has 22 heavy (non-hydrogen) atoms. The number of halogens is 3. The molecule has 116 valence electrons. The number of rotatable bonds is 5. The zero-order chi connectivity index (χ0) is 16.1. The van der Waals surface area contributed by atoms with E-state index in [0.29, 0.717) is 14.9 Å². The first-order valence-electron chi connectivity index (χ1n) is 6.20. The van der Waals surface area contributed by atoms with E-state index >= 15 is 0 Å². The topological polar surface area (TPSA) is 58.2 Å². The highest BCUT2D eigenvalue weighted by molar-refractivity contribution is 9.11. The van der Waals surface area contributed by atoms with Crippen molar-refractivity contribution in [1.29, 1.82) is 0 Å². The molecule has 0 saturated carbocycles. The molecule has 0 fully saturated rings. The Hall–Kier alpha value is -1.25. The summed E-state index contributed by atoms with van der Waals surface area (Å²) in [6.07, 6.45) is 0. The maximum Gasteiger partial charge on any atom is 0.261 e. The Labute approximate surface area is 147 Å². The number of carbonyl (C=O) groups excluding carboxylic acids is 2. The fourth-order valence-electron chi connectivity index (χ4n) is 1.62. The molecule has 1 heterocycles. The lowest BCUT2D eigenvalue weighted by atomic mass is 10.2. The Morgan fingerprint density at radius 3 is 2.59 bits per heavy atom. The fraction of sp³-hybridized carbons (Fsp3) is 0.143. The molecule has 0 atom stereocenters. The zero-order valence-electron chi connectivity index (χ0n) is 11.2. The molecular weight excluding hydrogens is 439 g/mol. The van der Waals surface area contributed by atoms with Gasteiger partial charge >= 0.3 is 0 Å². The molecule has 0 spiro atoms. The smallest absolute Gasteiger partial charge is 0.261 e. The van der Waals surface area contributed by atoms with E-state index in [9.17, 15) is 14.0 Å². The number of thiophene rings is 1. The first-order chi connectivity index (χ1) is 10.5. The van der Waals surface area contributed by atoms with Crippen LogP contribution in [0.3, 0.4) is 0 Å². The largest absolute Gasteiger partial charge is 0.350 e. The Balaban J connectivity index is 1.81. The lowest BCUT2D eigenvalue weighted by Gasteiger charge is -2.08. The molecule has 0 unspecified atom stereocenters. The van der Waals surface area contributed by atoms with E-state index in [1.165, 1.54) is 23.5 Å². The van der Waals surface area contributed by atoms with E-state index in [1.54, 1.807) is 18.2 Å². The van der Waals surface area contributed by atoms with Gasteiger partial charge in [0.25, 0.3) is 5.91 Å². The highest BCUT2D eigenvalue weighted by Gasteiger charge is 2.10. The van der Waals surface area contributed by atoms with Crippen LogP contribution in [0.15, 0.2) is 38.6 Å². The number of nitrogens with one attached hydrogen (secondary N) is 2. The molecule has 0 aliphatic heterocycles. The summed E-state index contributed by atoms with van der Waals surface area (Å²) < 4.78 is 14.7. The van der Waals surface area contributed by atoms with Gasteiger partial charge in [0.15, 0.2) is 0 Å². The fourth-order valence-corrected chi connectivity index (χ4v) is 3.31. The molecule has 1 aromatic heterocycles. The summed E-state index contributed by atoms with van der Waals surface area (Å²) in [4.78, 5) is 24.0. The molecule has 0 radical (unpaired) electrons. The van der Waals surface area contributed by atoms with Gasteiger partial charge in [-0.05, 0) is 51.8 Å². The van der Waals surface area contributed by atoms with Crippen LogP contribution in [0, 0.1) is 5.82 Å². The van der Waals surface area contributed by atoms with Crippen LogP contribution in [-0.2, 0) is 11.3 Å². The van der Waals surface area contributed by atoms with Crippen molar-refractivity contribution in [2.45, 2.75) is 6.54 Å². The van der Waals surface area contributed by atoms with Gasteiger partial charge in [0.2, 0.25) is 5.91 Å². The minimum atomic E-state index is -0.371. The molecule has 0 aliphatic carbocycles. The van der Waals surface area contributed by atoms with E-state index in [1.807, 2.05) is 0 Å². The molecule has 8 heteroatoms. The molecule has 0 aliphatic rings. The average molecular weight is 450 g/mol. The molecule has 2 N–H and O–H groups in total. The summed E-state index contributed by atoms with van der Waals surface area (Å²) in [5.41, 5.74) is 0.627. The molecular formula is C14H11Br2FN2O2S. The normalized spacial score (nSPS) is 10.3. The summed E-state index contributed by atoms with van der Waals surface area (Å²) in [6.45, 7) is 0.0406. The number of hydrogen-bond acceptors (Lipinski definition) is 3. The van der Waals surface area contributed by atoms with Crippen molar-refractivity contribution in [2.24, 2.45) is 0 Å². The van der Waals surface area contributed by atoms with Gasteiger partial charge in [0.05, 0.1) is 15.2 Å². The third kappa shape index (κ3) is 4.89. The first kappa shape index (κ1) is 17.1. The van der Waals surface area contributed by atoms with Gasteiger partial charge in [-0.3, -0.25) is 9.59 Å². The van der Waals surface area contributed by atoms with E-state index in [4.69, 9.17) is 0 Å². The lowest BCUT2D eigenvalue weighted by Crippen LogP contribution is -2.36. The van der Waals surface area contributed by atoms with Crippen molar-refractivity contribution in [3.63, 3.8) is 0 Å². The van der Waals surface area contributed by atoms with Gasteiger partial charge in [-0.1, -0.05) is 15.9 Å². The Kier molecular flexibility index (Phi) is 6.10. The number of benzene rings is 1. The number of hydrogen-bond donors (Lipinski definition) is 2. The summed E-state index contributed by atoms with van der Waals surface area (Å²) in [7, 11) is 0. The Morgan fingerprint density at radius 2 is 1.91 bits per heavy atom. The molecule has 4 nitrogen and oxygen atoms in total. The van der Waals surface area contributed by atoms with E-state index in [0.717, 1.165) is 3.79 Å². The van der Waals surface area contributed by atoms with Crippen LogP contribution >= 0.6 is 43.2 Å². The summed E-state index contributed by atoms with van der Waals surface area (Å²) in [5.74, 6) is -1.03. The van der Waals surface area contributed by atoms with Crippen LogP contribution in [0.2, 0.25) is 0 Å². The SMILES string of the molecule is O=C(CNC(=O)c1ccc(Br)s1)NCc1cc(F)ccc1Br. The van der Waals surface area contributed by atoms with Crippen LogP contribution < -0.4 is 10.6 Å². The Bertz CT molecular complexity index is 706. The van der Waals surface area contributed by atoms with Crippen molar-refractivity contribution < 1.29 is 14.0 Å². The van der Waals surface area contributed by atoms with Crippen LogP contribution in [0.1, 0.15) is 15.2 Å². The summed E-state index contributed by atoms with van der Waals surface area (Å²) >= 11 is 7.84. The molecule has 2 rings (SSSR count). The number of carbonyl (C=O) groups is 2. The molecule has 2 aromatic rings. The maximum absolute atomic E-state index is 13.1. The number of amides is 2. The molecule has 0 saturated heterocycles. The van der Waals surface area contributed by atoms with Gasteiger partial charge in [0.1, 0.15) is 5.82 Å². The maximum atomic E-state index is 13.1. The Morgan fingerprint density at radius 1 is 1.14 bits per heavy atom. The van der Waals surface area contributed by atoms with Gasteiger partial charge in [0, 0.05) is 11.0 Å². The van der Waals surface area contributed by atoms with Crippen LogP contribution in [0.5, 0.6) is 0 Å². The predicted octanol–water partition coefficient (Wildman–Crippen LogP) is 3.46. The van der Waals surface area contributed by atoms with E-state index in [-0.39, 0.29) is 30.7 Å². The third-order valence-corrected chi connectivity index (χ3v) is 5.09. The predicted molar refractivity (Wildman–Crippen MR) is 90.3 cm³/mol. The second-order valence-electron chi connectivity index (χ2n) is 4.30. The quantitative estimate of drug-likeness (QED) is 0.734. The highest BCUT2D eigenvalue weighted by Crippen LogP contribution is 2.21. The second kappa shape index (κ2) is 7.85. The van der Waals surface area contributed by atoms with Crippen molar-refractivity contribution in [3.05, 3.63) is 54.8 Å². The van der Waals surface area contributed by atoms with Gasteiger partial charge in [-0.25, -0.2) is 4.39 Å². The van der Waals surface area contributed by atoms with Crippen molar-refractivity contribution >= 4 is 55.0 Å². The van der Waals surface area contributed by atoms with E-state index in [2.05, 4.69) is 42.5 Å². The standard InChI is InChI=1S/C14H11Br2FN2O2S/c15-10-2-1-9(17)5-8(10)6-18-13(20)7-19-14(21)11-3-4-12(16)22-11/h1-5H,6-7H2,(H,18,20)(H,19,21). The molecule has 1 aromatic carbocycles.